The van der Waals surface area contributed by atoms with Crippen molar-refractivity contribution < 1.29 is 9.90 Å². The minimum atomic E-state index is -0.721. The lowest BCUT2D eigenvalue weighted by Gasteiger charge is -2.43. The summed E-state index contributed by atoms with van der Waals surface area (Å²) in [7, 11) is 0. The fourth-order valence-electron chi connectivity index (χ4n) is 2.39. The Morgan fingerprint density at radius 3 is 2.80 bits per heavy atom. The van der Waals surface area contributed by atoms with Crippen molar-refractivity contribution in [3.05, 3.63) is 0 Å². The van der Waals surface area contributed by atoms with Gasteiger partial charge in [0.25, 0.3) is 0 Å². The van der Waals surface area contributed by atoms with Gasteiger partial charge in [-0.2, -0.15) is 0 Å². The van der Waals surface area contributed by atoms with Crippen LogP contribution in [0.25, 0.3) is 0 Å². The Balaban J connectivity index is 2.55. The summed E-state index contributed by atoms with van der Waals surface area (Å²) >= 11 is 0. The molecule has 0 radical (unpaired) electrons. The van der Waals surface area contributed by atoms with E-state index in [0.29, 0.717) is 0 Å². The van der Waals surface area contributed by atoms with Crippen LogP contribution >= 0.6 is 0 Å². The van der Waals surface area contributed by atoms with E-state index in [9.17, 15) is 4.79 Å². The number of nitrogens with zero attached hydrogens (tertiary/aromatic N) is 1. The predicted octanol–water partition coefficient (Wildman–Crippen LogP) is 0.923. The van der Waals surface area contributed by atoms with Gasteiger partial charge >= 0.3 is 5.97 Å². The molecule has 0 bridgehead atoms. The quantitative estimate of drug-likeness (QED) is 0.731. The van der Waals surface area contributed by atoms with E-state index in [1.807, 2.05) is 0 Å². The summed E-state index contributed by atoms with van der Waals surface area (Å²) in [5.41, 5.74) is 0.0214. The largest absolute Gasteiger partial charge is 0.481 e. The molecule has 1 rings (SSSR count). The van der Waals surface area contributed by atoms with Crippen LogP contribution in [0.15, 0.2) is 0 Å². The zero-order valence-corrected chi connectivity index (χ0v) is 9.92. The maximum atomic E-state index is 10.7. The maximum absolute atomic E-state index is 10.7. The number of aliphatic carboxylic acids is 1. The SMILES string of the molecule is CCCN1CC(CC(=O)O)NC(C)(C)C1. The zero-order chi connectivity index (χ0) is 11.5. The van der Waals surface area contributed by atoms with Crippen LogP contribution in [0.2, 0.25) is 0 Å². The lowest BCUT2D eigenvalue weighted by atomic mass is 9.97. The third kappa shape index (κ3) is 4.18. The smallest absolute Gasteiger partial charge is 0.304 e. The first kappa shape index (κ1) is 12.5. The first-order valence-corrected chi connectivity index (χ1v) is 5.65. The summed E-state index contributed by atoms with van der Waals surface area (Å²) in [6.07, 6.45) is 1.33. The standard InChI is InChI=1S/C11H22N2O2/c1-4-5-13-7-9(6-10(14)15)12-11(2,3)8-13/h9,12H,4-8H2,1-3H3,(H,14,15). The lowest BCUT2D eigenvalue weighted by molar-refractivity contribution is -0.138. The molecule has 15 heavy (non-hydrogen) atoms. The number of rotatable bonds is 4. The molecular weight excluding hydrogens is 192 g/mol. The molecule has 0 aromatic carbocycles. The number of hydrogen-bond acceptors (Lipinski definition) is 3. The highest BCUT2D eigenvalue weighted by Crippen LogP contribution is 2.15. The summed E-state index contributed by atoms with van der Waals surface area (Å²) < 4.78 is 0. The highest BCUT2D eigenvalue weighted by Gasteiger charge is 2.32. The Bertz CT molecular complexity index is 229. The van der Waals surface area contributed by atoms with Crippen LogP contribution in [0, 0.1) is 0 Å². The molecule has 2 N–H and O–H groups in total. The zero-order valence-electron chi connectivity index (χ0n) is 9.92. The summed E-state index contributed by atoms with van der Waals surface area (Å²) in [6.45, 7) is 9.32. The highest BCUT2D eigenvalue weighted by molar-refractivity contribution is 5.67. The van der Waals surface area contributed by atoms with Crippen molar-refractivity contribution in [1.82, 2.24) is 10.2 Å². The van der Waals surface area contributed by atoms with Gasteiger partial charge in [0, 0.05) is 24.7 Å². The molecule has 88 valence electrons. The van der Waals surface area contributed by atoms with Crippen molar-refractivity contribution in [2.45, 2.75) is 45.2 Å². The number of carbonyl (C=O) groups is 1. The number of carboxylic acid groups (broad SMARTS) is 1. The van der Waals surface area contributed by atoms with Crippen molar-refractivity contribution in [3.8, 4) is 0 Å². The van der Waals surface area contributed by atoms with Crippen LogP contribution in [0.5, 0.6) is 0 Å². The number of hydrogen-bond donors (Lipinski definition) is 2. The molecule has 1 aliphatic rings. The second kappa shape index (κ2) is 4.94. The maximum Gasteiger partial charge on any atom is 0.304 e. The van der Waals surface area contributed by atoms with Gasteiger partial charge in [-0.3, -0.25) is 9.69 Å². The minimum Gasteiger partial charge on any atom is -0.481 e. The van der Waals surface area contributed by atoms with Crippen LogP contribution in [0.4, 0.5) is 0 Å². The molecule has 1 atom stereocenters. The molecule has 1 aliphatic heterocycles. The summed E-state index contributed by atoms with van der Waals surface area (Å²) in [6, 6.07) is 0.0813. The van der Waals surface area contributed by atoms with Gasteiger partial charge < -0.3 is 10.4 Å². The molecule has 0 saturated carbocycles. The molecule has 0 aromatic heterocycles. The molecule has 1 fully saturated rings. The first-order chi connectivity index (χ1) is 6.93. The third-order valence-electron chi connectivity index (χ3n) is 2.65. The van der Waals surface area contributed by atoms with E-state index in [1.54, 1.807) is 0 Å². The lowest BCUT2D eigenvalue weighted by Crippen LogP contribution is -2.62. The van der Waals surface area contributed by atoms with E-state index < -0.39 is 5.97 Å². The van der Waals surface area contributed by atoms with Crippen molar-refractivity contribution in [1.29, 1.82) is 0 Å². The second-order valence-corrected chi connectivity index (χ2v) is 5.06. The van der Waals surface area contributed by atoms with Crippen LogP contribution in [-0.2, 0) is 4.79 Å². The Morgan fingerprint density at radius 1 is 1.60 bits per heavy atom. The van der Waals surface area contributed by atoms with E-state index in [2.05, 4.69) is 31.0 Å². The van der Waals surface area contributed by atoms with Gasteiger partial charge in [-0.15, -0.1) is 0 Å². The van der Waals surface area contributed by atoms with Gasteiger partial charge in [0.2, 0.25) is 0 Å². The topological polar surface area (TPSA) is 52.6 Å². The molecule has 1 saturated heterocycles. The van der Waals surface area contributed by atoms with E-state index in [1.165, 1.54) is 0 Å². The molecule has 0 spiro atoms. The first-order valence-electron chi connectivity index (χ1n) is 5.65. The van der Waals surface area contributed by atoms with Gasteiger partial charge in [-0.1, -0.05) is 6.92 Å². The van der Waals surface area contributed by atoms with E-state index >= 15 is 0 Å². The Kier molecular flexibility index (Phi) is 4.11. The van der Waals surface area contributed by atoms with Crippen LogP contribution in [0.1, 0.15) is 33.6 Å². The van der Waals surface area contributed by atoms with Gasteiger partial charge in [0.15, 0.2) is 0 Å². The Hall–Kier alpha value is -0.610. The van der Waals surface area contributed by atoms with Gasteiger partial charge in [-0.05, 0) is 26.8 Å². The molecule has 4 heteroatoms. The molecule has 0 aliphatic carbocycles. The summed E-state index contributed by atoms with van der Waals surface area (Å²) in [5, 5.41) is 12.2. The fraction of sp³-hybridized carbons (Fsp3) is 0.909. The molecule has 4 nitrogen and oxygen atoms in total. The highest BCUT2D eigenvalue weighted by atomic mass is 16.4. The molecule has 0 aromatic rings. The molecule has 1 heterocycles. The number of piperazine rings is 1. The average molecular weight is 214 g/mol. The normalized spacial score (nSPS) is 26.5. The van der Waals surface area contributed by atoms with E-state index in [0.717, 1.165) is 26.1 Å². The number of carboxylic acids is 1. The van der Waals surface area contributed by atoms with Gasteiger partial charge in [0.05, 0.1) is 6.42 Å². The van der Waals surface area contributed by atoms with Crippen LogP contribution < -0.4 is 5.32 Å². The third-order valence-corrected chi connectivity index (χ3v) is 2.65. The molecule has 0 amide bonds. The summed E-state index contributed by atoms with van der Waals surface area (Å²) in [4.78, 5) is 13.0. The Labute approximate surface area is 91.6 Å². The number of nitrogens with one attached hydrogen (secondary N) is 1. The van der Waals surface area contributed by atoms with E-state index in [-0.39, 0.29) is 18.0 Å². The van der Waals surface area contributed by atoms with Crippen molar-refractivity contribution in [2.24, 2.45) is 0 Å². The van der Waals surface area contributed by atoms with E-state index in [4.69, 9.17) is 5.11 Å². The van der Waals surface area contributed by atoms with Crippen molar-refractivity contribution in [2.75, 3.05) is 19.6 Å². The average Bonchev–Trinajstić information content (AvgIpc) is 1.99. The van der Waals surface area contributed by atoms with Gasteiger partial charge in [0.1, 0.15) is 0 Å². The molecule has 1 unspecified atom stereocenters. The second-order valence-electron chi connectivity index (χ2n) is 5.06. The van der Waals surface area contributed by atoms with Gasteiger partial charge in [-0.25, -0.2) is 0 Å². The predicted molar refractivity (Wildman–Crippen MR) is 60.0 cm³/mol. The minimum absolute atomic E-state index is 0.0214. The van der Waals surface area contributed by atoms with Crippen LogP contribution in [-0.4, -0.2) is 47.2 Å². The van der Waals surface area contributed by atoms with Crippen LogP contribution in [0.3, 0.4) is 0 Å². The van der Waals surface area contributed by atoms with Crippen molar-refractivity contribution in [3.63, 3.8) is 0 Å². The Morgan fingerprint density at radius 2 is 2.27 bits per heavy atom. The summed E-state index contributed by atoms with van der Waals surface area (Å²) in [5.74, 6) is -0.721. The molecular formula is C11H22N2O2. The monoisotopic (exact) mass is 214 g/mol. The van der Waals surface area contributed by atoms with Crippen molar-refractivity contribution >= 4 is 5.97 Å². The fourth-order valence-corrected chi connectivity index (χ4v) is 2.39.